The molecule has 2 saturated carbocycles. The summed E-state index contributed by atoms with van der Waals surface area (Å²) in [6, 6.07) is 58.1. The van der Waals surface area contributed by atoms with Crippen LogP contribution in [-0.4, -0.2) is 17.8 Å². The van der Waals surface area contributed by atoms with E-state index in [2.05, 4.69) is 243 Å². The molecule has 76 heavy (non-hydrogen) atoms. The quantitative estimate of drug-likeness (QED) is 0.163. The second-order valence-corrected chi connectivity index (χ2v) is 27.3. The minimum Gasteiger partial charge on any atom is -0.335 e. The van der Waals surface area contributed by atoms with Crippen LogP contribution in [0.4, 0.5) is 39.8 Å². The molecule has 0 aromatic heterocycles. The van der Waals surface area contributed by atoms with Gasteiger partial charge in [0.25, 0.3) is 6.71 Å². The molecule has 8 aromatic rings. The first-order valence-corrected chi connectivity index (χ1v) is 29.0. The van der Waals surface area contributed by atoms with Gasteiger partial charge >= 0.3 is 0 Å². The molecule has 4 heterocycles. The van der Waals surface area contributed by atoms with Gasteiger partial charge in [0.15, 0.2) is 0 Å². The highest BCUT2D eigenvalue weighted by atomic mass is 15.3. The van der Waals surface area contributed by atoms with E-state index in [1.54, 1.807) is 11.1 Å². The summed E-state index contributed by atoms with van der Waals surface area (Å²) in [5.41, 5.74) is 27.1. The second-order valence-electron chi connectivity index (χ2n) is 27.3. The number of rotatable bonds is 4. The fourth-order valence-electron chi connectivity index (χ4n) is 16.5. The van der Waals surface area contributed by atoms with Crippen molar-refractivity contribution in [3.8, 4) is 22.3 Å². The van der Waals surface area contributed by atoms with Gasteiger partial charge in [-0.2, -0.15) is 0 Å². The van der Waals surface area contributed by atoms with Gasteiger partial charge in [-0.05, 0) is 190 Å². The zero-order valence-corrected chi connectivity index (χ0v) is 47.4. The zero-order valence-electron chi connectivity index (χ0n) is 47.4. The van der Waals surface area contributed by atoms with Gasteiger partial charge in [-0.1, -0.05) is 178 Å². The molecular weight excluding hydrogens is 918 g/mol. The molecule has 4 aliphatic heterocycles. The van der Waals surface area contributed by atoms with Crippen LogP contribution in [0.1, 0.15) is 154 Å². The lowest BCUT2D eigenvalue weighted by Gasteiger charge is -2.54. The number of benzene rings is 8. The van der Waals surface area contributed by atoms with Gasteiger partial charge in [0, 0.05) is 50.5 Å². The lowest BCUT2D eigenvalue weighted by Crippen LogP contribution is -2.64. The topological polar surface area (TPSA) is 9.72 Å². The van der Waals surface area contributed by atoms with Crippen molar-refractivity contribution in [2.24, 2.45) is 0 Å². The standard InChI is InChI=1S/C72H76BN3/c1-45-36-46(2)64-61(37-45)75(72(12)35-21-19-33-70(64,72)10)54-43-62-65-63(44-54)76-66-56(69(9)32-18-20-34-71(69,76)11)39-51(47-22-14-13-15-23-47)40-58(66)73(65)57-42-53(68(6,7)8)29-31-60(57)74(62)59-30-28-52(67(3,4)5)41-55(59)50-27-26-48-24-16-17-25-49(48)38-50/h13-17,22-31,36-44H,18-21,32-35H2,1-12H3. The number of anilines is 7. The molecule has 4 heteroatoms. The third kappa shape index (κ3) is 6.42. The molecule has 4 atom stereocenters. The Labute approximate surface area is 454 Å². The molecule has 14 rings (SSSR count). The first kappa shape index (κ1) is 47.9. The Bertz CT molecular complexity index is 3760. The van der Waals surface area contributed by atoms with Crippen LogP contribution in [-0.2, 0) is 21.7 Å². The molecule has 3 nitrogen and oxygen atoms in total. The molecule has 0 N–H and O–H groups in total. The number of hydrogen-bond donors (Lipinski definition) is 0. The molecule has 4 unspecified atom stereocenters. The highest BCUT2D eigenvalue weighted by molar-refractivity contribution is 7.00. The number of fused-ring (bicyclic) bond motifs is 11. The van der Waals surface area contributed by atoms with Gasteiger partial charge in [0.05, 0.1) is 16.8 Å². The van der Waals surface area contributed by atoms with Crippen molar-refractivity contribution in [1.29, 1.82) is 0 Å². The highest BCUT2D eigenvalue weighted by Gasteiger charge is 2.63. The Hall–Kier alpha value is -6.52. The summed E-state index contributed by atoms with van der Waals surface area (Å²) in [6.07, 6.45) is 9.67. The normalized spacial score (nSPS) is 24.0. The van der Waals surface area contributed by atoms with Crippen molar-refractivity contribution >= 4 is 73.7 Å². The van der Waals surface area contributed by atoms with E-state index in [0.717, 1.165) is 12.8 Å². The molecule has 382 valence electrons. The third-order valence-electron chi connectivity index (χ3n) is 20.9. The number of nitrogens with zero attached hydrogens (tertiary/aromatic N) is 3. The van der Waals surface area contributed by atoms with E-state index in [1.807, 2.05) is 0 Å². The van der Waals surface area contributed by atoms with Crippen molar-refractivity contribution in [2.45, 2.75) is 167 Å². The Morgan fingerprint density at radius 2 is 1.09 bits per heavy atom. The van der Waals surface area contributed by atoms with Crippen molar-refractivity contribution in [3.05, 3.63) is 179 Å². The summed E-state index contributed by atoms with van der Waals surface area (Å²) in [4.78, 5) is 8.61. The SMILES string of the molecule is Cc1cc(C)c2c(c1)N(c1cc3c4c(c1)N1c5c(cc(-c6ccccc6)cc5C5(C)CCCCC15C)B4c1cc(C(C)(C)C)ccc1N3c1ccc(C(C)(C)C)cc1-c1ccc3ccccc3c1)C1(C)CCCCC21C. The summed E-state index contributed by atoms with van der Waals surface area (Å²) >= 11 is 0. The van der Waals surface area contributed by atoms with Crippen molar-refractivity contribution < 1.29 is 0 Å². The third-order valence-corrected chi connectivity index (χ3v) is 20.9. The largest absolute Gasteiger partial charge is 0.335 e. The predicted octanol–water partition coefficient (Wildman–Crippen LogP) is 17.5. The Morgan fingerprint density at radius 3 is 1.82 bits per heavy atom. The Morgan fingerprint density at radius 1 is 0.461 bits per heavy atom. The van der Waals surface area contributed by atoms with Crippen LogP contribution in [0.5, 0.6) is 0 Å². The summed E-state index contributed by atoms with van der Waals surface area (Å²) in [5, 5.41) is 2.53. The first-order valence-electron chi connectivity index (χ1n) is 29.0. The van der Waals surface area contributed by atoms with Gasteiger partial charge < -0.3 is 14.7 Å². The van der Waals surface area contributed by atoms with Crippen LogP contribution in [0.25, 0.3) is 33.0 Å². The van der Waals surface area contributed by atoms with Gasteiger partial charge in [0.2, 0.25) is 0 Å². The van der Waals surface area contributed by atoms with Crippen molar-refractivity contribution in [3.63, 3.8) is 0 Å². The fraction of sp³-hybridized carbons (Fsp3) is 0.361. The second kappa shape index (κ2) is 16.0. The van der Waals surface area contributed by atoms with E-state index >= 15 is 0 Å². The maximum Gasteiger partial charge on any atom is 0.252 e. The smallest absolute Gasteiger partial charge is 0.252 e. The summed E-state index contributed by atoms with van der Waals surface area (Å²) in [7, 11) is 0. The maximum atomic E-state index is 2.97. The summed E-state index contributed by atoms with van der Waals surface area (Å²) in [6.45, 7) is 29.6. The molecule has 6 aliphatic rings. The summed E-state index contributed by atoms with van der Waals surface area (Å²) in [5.74, 6) is 0. The van der Waals surface area contributed by atoms with Crippen LogP contribution in [0, 0.1) is 13.8 Å². The molecule has 0 amide bonds. The van der Waals surface area contributed by atoms with Crippen LogP contribution >= 0.6 is 0 Å². The van der Waals surface area contributed by atoms with Crippen LogP contribution in [0.3, 0.4) is 0 Å². The van der Waals surface area contributed by atoms with Gasteiger partial charge in [-0.3, -0.25) is 0 Å². The molecule has 2 aliphatic carbocycles. The minimum absolute atomic E-state index is 0.00485. The van der Waals surface area contributed by atoms with E-state index in [-0.39, 0.29) is 39.5 Å². The number of aryl methyl sites for hydroxylation is 2. The highest BCUT2D eigenvalue weighted by Crippen LogP contribution is 2.65. The van der Waals surface area contributed by atoms with Crippen LogP contribution in [0.2, 0.25) is 0 Å². The molecule has 0 spiro atoms. The lowest BCUT2D eigenvalue weighted by molar-refractivity contribution is 0.193. The van der Waals surface area contributed by atoms with E-state index in [1.165, 1.54) is 150 Å². The zero-order chi connectivity index (χ0) is 52.6. The van der Waals surface area contributed by atoms with Crippen molar-refractivity contribution in [2.75, 3.05) is 14.7 Å². The van der Waals surface area contributed by atoms with Crippen LogP contribution < -0.4 is 31.1 Å². The molecule has 8 aromatic carbocycles. The lowest BCUT2D eigenvalue weighted by atomic mass is 9.33. The van der Waals surface area contributed by atoms with E-state index in [4.69, 9.17) is 0 Å². The molecular formula is C72H76BN3. The number of hydrogen-bond acceptors (Lipinski definition) is 3. The van der Waals surface area contributed by atoms with Crippen LogP contribution in [0.15, 0.2) is 146 Å². The average Bonchev–Trinajstić information content (AvgIpc) is 3.87. The average molecular weight is 994 g/mol. The van der Waals surface area contributed by atoms with Gasteiger partial charge in [-0.15, -0.1) is 0 Å². The van der Waals surface area contributed by atoms with E-state index < -0.39 is 0 Å². The summed E-state index contributed by atoms with van der Waals surface area (Å²) < 4.78 is 0. The first-order chi connectivity index (χ1) is 36.2. The van der Waals surface area contributed by atoms with E-state index in [0.29, 0.717) is 0 Å². The predicted molar refractivity (Wildman–Crippen MR) is 327 cm³/mol. The van der Waals surface area contributed by atoms with Crippen molar-refractivity contribution in [1.82, 2.24) is 0 Å². The Kier molecular flexibility index (Phi) is 10.1. The molecule has 0 saturated heterocycles. The molecule has 2 fully saturated rings. The maximum absolute atomic E-state index is 2.97. The minimum atomic E-state index is -0.142. The Balaban J connectivity index is 1.14. The molecule has 0 bridgehead atoms. The van der Waals surface area contributed by atoms with E-state index in [9.17, 15) is 0 Å². The molecule has 0 radical (unpaired) electrons. The van der Waals surface area contributed by atoms with Gasteiger partial charge in [0.1, 0.15) is 0 Å². The fourth-order valence-corrected chi connectivity index (χ4v) is 16.5. The van der Waals surface area contributed by atoms with Gasteiger partial charge in [-0.25, -0.2) is 0 Å². The monoisotopic (exact) mass is 994 g/mol.